The van der Waals surface area contributed by atoms with Crippen molar-refractivity contribution < 1.29 is 0 Å². The minimum Gasteiger partial charge on any atom is -0.355 e. The molecule has 0 aliphatic carbocycles. The Morgan fingerprint density at radius 3 is 2.79 bits per heavy atom. The second-order valence-corrected chi connectivity index (χ2v) is 7.35. The molecule has 0 N–H and O–H groups in total. The third-order valence-corrected chi connectivity index (χ3v) is 5.20. The fourth-order valence-corrected chi connectivity index (χ4v) is 3.71. The molecule has 9 nitrogen and oxygen atoms in total. The molecule has 0 unspecified atom stereocenters. The fraction of sp³-hybridized carbons (Fsp3) is 0.300. The van der Waals surface area contributed by atoms with Gasteiger partial charge in [0.25, 0.3) is 5.56 Å². The van der Waals surface area contributed by atoms with Gasteiger partial charge in [-0.15, -0.1) is 0 Å². The van der Waals surface area contributed by atoms with E-state index in [0.717, 1.165) is 47.0 Å². The number of pyridine rings is 1. The summed E-state index contributed by atoms with van der Waals surface area (Å²) in [6, 6.07) is 7.11. The number of aryl methyl sites for hydroxylation is 2. The van der Waals surface area contributed by atoms with Gasteiger partial charge in [-0.1, -0.05) is 0 Å². The average molecular weight is 388 g/mol. The van der Waals surface area contributed by atoms with Gasteiger partial charge in [0.05, 0.1) is 23.8 Å². The van der Waals surface area contributed by atoms with Crippen LogP contribution in [-0.4, -0.2) is 47.6 Å². The molecule has 0 spiro atoms. The van der Waals surface area contributed by atoms with Crippen LogP contribution in [0, 0.1) is 12.8 Å². The van der Waals surface area contributed by atoms with Crippen molar-refractivity contribution in [2.45, 2.75) is 13.5 Å². The van der Waals surface area contributed by atoms with Crippen molar-refractivity contribution in [2.24, 2.45) is 13.0 Å². The summed E-state index contributed by atoms with van der Waals surface area (Å²) in [4.78, 5) is 27.7. The molecule has 0 bridgehead atoms. The Kier molecular flexibility index (Phi) is 4.08. The molecule has 1 fully saturated rings. The summed E-state index contributed by atoms with van der Waals surface area (Å²) >= 11 is 0. The molecule has 4 aromatic rings. The summed E-state index contributed by atoms with van der Waals surface area (Å²) in [5, 5.41) is 9.79. The molecule has 5 heterocycles. The maximum absolute atomic E-state index is 12.3. The van der Waals surface area contributed by atoms with Gasteiger partial charge in [0.2, 0.25) is 0 Å². The lowest BCUT2D eigenvalue weighted by molar-refractivity contribution is 0.334. The molecule has 1 saturated heterocycles. The van der Waals surface area contributed by atoms with Gasteiger partial charge in [0.15, 0.2) is 5.65 Å². The number of rotatable bonds is 4. The molecule has 0 amide bonds. The van der Waals surface area contributed by atoms with E-state index in [2.05, 4.69) is 30.0 Å². The van der Waals surface area contributed by atoms with Gasteiger partial charge in [0.1, 0.15) is 11.6 Å². The first-order valence-electron chi connectivity index (χ1n) is 9.48. The zero-order valence-electron chi connectivity index (χ0n) is 16.2. The van der Waals surface area contributed by atoms with Crippen LogP contribution in [0.2, 0.25) is 0 Å². The standard InChI is InChI=1S/C20H20N8O/c1-13-23-19-16(9-22-26(19)2)20(24-13)27-10-14(11-27)12-28-18(29)6-5-17(25-28)15-4-3-7-21-8-15/h3-9,14H,10-12H2,1-2H3. The Morgan fingerprint density at radius 1 is 1.14 bits per heavy atom. The number of hydrogen-bond acceptors (Lipinski definition) is 7. The Hall–Kier alpha value is -3.62. The number of nitrogens with zero attached hydrogens (tertiary/aromatic N) is 8. The lowest BCUT2D eigenvalue weighted by Gasteiger charge is -2.40. The number of hydrogen-bond donors (Lipinski definition) is 0. The topological polar surface area (TPSA) is 94.6 Å². The summed E-state index contributed by atoms with van der Waals surface area (Å²) in [5.74, 6) is 1.95. The summed E-state index contributed by atoms with van der Waals surface area (Å²) in [5.41, 5.74) is 2.38. The van der Waals surface area contributed by atoms with E-state index in [1.165, 1.54) is 0 Å². The third-order valence-electron chi connectivity index (χ3n) is 5.20. The van der Waals surface area contributed by atoms with Gasteiger partial charge in [-0.05, 0) is 25.1 Å². The summed E-state index contributed by atoms with van der Waals surface area (Å²) in [6.07, 6.45) is 5.27. The van der Waals surface area contributed by atoms with Gasteiger partial charge in [0, 0.05) is 50.1 Å². The van der Waals surface area contributed by atoms with Crippen LogP contribution >= 0.6 is 0 Å². The molecular formula is C20H20N8O. The largest absolute Gasteiger partial charge is 0.355 e. The Bertz CT molecular complexity index is 1240. The molecule has 0 saturated carbocycles. The highest BCUT2D eigenvalue weighted by Crippen LogP contribution is 2.29. The maximum atomic E-state index is 12.3. The lowest BCUT2D eigenvalue weighted by Crippen LogP contribution is -2.50. The van der Waals surface area contributed by atoms with E-state index >= 15 is 0 Å². The molecule has 0 aromatic carbocycles. The van der Waals surface area contributed by atoms with Crippen molar-refractivity contribution in [2.75, 3.05) is 18.0 Å². The summed E-state index contributed by atoms with van der Waals surface area (Å²) in [6.45, 7) is 4.09. The van der Waals surface area contributed by atoms with E-state index in [1.54, 1.807) is 40.1 Å². The van der Waals surface area contributed by atoms with E-state index in [0.29, 0.717) is 12.5 Å². The van der Waals surface area contributed by atoms with Gasteiger partial charge in [-0.3, -0.25) is 14.5 Å². The minimum absolute atomic E-state index is 0.0939. The highest BCUT2D eigenvalue weighted by atomic mass is 16.1. The zero-order chi connectivity index (χ0) is 20.0. The molecule has 4 aromatic heterocycles. The normalized spacial score (nSPS) is 14.3. The first-order valence-corrected chi connectivity index (χ1v) is 9.48. The van der Waals surface area contributed by atoms with Crippen LogP contribution in [-0.2, 0) is 13.6 Å². The Balaban J connectivity index is 1.35. The van der Waals surface area contributed by atoms with Crippen molar-refractivity contribution in [1.82, 2.24) is 34.5 Å². The van der Waals surface area contributed by atoms with Crippen LogP contribution in [0.15, 0.2) is 47.7 Å². The summed E-state index contributed by atoms with van der Waals surface area (Å²) in [7, 11) is 1.88. The molecule has 0 atom stereocenters. The maximum Gasteiger partial charge on any atom is 0.266 e. The molecule has 1 aliphatic rings. The monoisotopic (exact) mass is 388 g/mol. The Labute approximate surface area is 166 Å². The SMILES string of the molecule is Cc1nc(N2CC(Cn3nc(-c4cccnc4)ccc3=O)C2)c2cnn(C)c2n1. The molecule has 1 aliphatic heterocycles. The zero-order valence-corrected chi connectivity index (χ0v) is 16.2. The van der Waals surface area contributed by atoms with E-state index in [1.807, 2.05) is 26.1 Å². The van der Waals surface area contributed by atoms with Crippen molar-refractivity contribution >= 4 is 16.9 Å². The lowest BCUT2D eigenvalue weighted by atomic mass is 10.00. The van der Waals surface area contributed by atoms with Crippen molar-refractivity contribution in [3.8, 4) is 11.3 Å². The van der Waals surface area contributed by atoms with Crippen LogP contribution in [0.4, 0.5) is 5.82 Å². The first-order chi connectivity index (χ1) is 14.1. The minimum atomic E-state index is -0.0939. The predicted molar refractivity (Wildman–Crippen MR) is 108 cm³/mol. The van der Waals surface area contributed by atoms with Gasteiger partial charge in [-0.25, -0.2) is 14.6 Å². The molecule has 5 rings (SSSR count). The molecular weight excluding hydrogens is 368 g/mol. The molecule has 146 valence electrons. The number of anilines is 1. The van der Waals surface area contributed by atoms with E-state index < -0.39 is 0 Å². The number of aromatic nitrogens is 7. The third kappa shape index (κ3) is 3.14. The summed E-state index contributed by atoms with van der Waals surface area (Å²) < 4.78 is 3.31. The van der Waals surface area contributed by atoms with Crippen molar-refractivity contribution in [1.29, 1.82) is 0 Å². The quantitative estimate of drug-likeness (QED) is 0.522. The van der Waals surface area contributed by atoms with Crippen molar-refractivity contribution in [3.63, 3.8) is 0 Å². The van der Waals surface area contributed by atoms with E-state index in [9.17, 15) is 4.79 Å². The highest BCUT2D eigenvalue weighted by molar-refractivity contribution is 5.87. The second-order valence-electron chi connectivity index (χ2n) is 7.35. The second kappa shape index (κ2) is 6.77. The van der Waals surface area contributed by atoms with Crippen LogP contribution in [0.25, 0.3) is 22.3 Å². The smallest absolute Gasteiger partial charge is 0.266 e. The average Bonchev–Trinajstić information content (AvgIpc) is 3.06. The number of fused-ring (bicyclic) bond motifs is 1. The first kappa shape index (κ1) is 17.5. The van der Waals surface area contributed by atoms with Gasteiger partial charge in [-0.2, -0.15) is 10.2 Å². The Morgan fingerprint density at radius 2 is 2.00 bits per heavy atom. The van der Waals surface area contributed by atoms with E-state index in [4.69, 9.17) is 0 Å². The highest BCUT2D eigenvalue weighted by Gasteiger charge is 2.30. The van der Waals surface area contributed by atoms with Crippen molar-refractivity contribution in [3.05, 3.63) is 59.0 Å². The molecule has 0 radical (unpaired) electrons. The van der Waals surface area contributed by atoms with Gasteiger partial charge < -0.3 is 4.90 Å². The van der Waals surface area contributed by atoms with Crippen LogP contribution in [0.5, 0.6) is 0 Å². The fourth-order valence-electron chi connectivity index (χ4n) is 3.71. The predicted octanol–water partition coefficient (Wildman–Crippen LogP) is 1.43. The molecule has 29 heavy (non-hydrogen) atoms. The van der Waals surface area contributed by atoms with E-state index in [-0.39, 0.29) is 5.56 Å². The van der Waals surface area contributed by atoms with Gasteiger partial charge >= 0.3 is 0 Å². The van der Waals surface area contributed by atoms with Crippen LogP contribution in [0.1, 0.15) is 5.82 Å². The van der Waals surface area contributed by atoms with Crippen LogP contribution in [0.3, 0.4) is 0 Å². The molecule has 9 heteroatoms. The van der Waals surface area contributed by atoms with Crippen LogP contribution < -0.4 is 10.5 Å².